The summed E-state index contributed by atoms with van der Waals surface area (Å²) in [5.41, 5.74) is 1.88. The molecule has 0 aromatic heterocycles. The first-order chi connectivity index (χ1) is 8.50. The lowest BCUT2D eigenvalue weighted by molar-refractivity contribution is 0.449. The van der Waals surface area contributed by atoms with E-state index < -0.39 is 5.54 Å². The highest BCUT2D eigenvalue weighted by Crippen LogP contribution is 2.16. The van der Waals surface area contributed by atoms with Crippen molar-refractivity contribution in [1.29, 1.82) is 5.26 Å². The lowest BCUT2D eigenvalue weighted by Gasteiger charge is -2.30. The topological polar surface area (TPSA) is 39.1 Å². The summed E-state index contributed by atoms with van der Waals surface area (Å²) >= 11 is 0. The Morgan fingerprint density at radius 1 is 1.44 bits per heavy atom. The van der Waals surface area contributed by atoms with Gasteiger partial charge in [-0.25, -0.2) is 0 Å². The van der Waals surface area contributed by atoms with Gasteiger partial charge in [-0.2, -0.15) is 5.26 Å². The molecule has 18 heavy (non-hydrogen) atoms. The van der Waals surface area contributed by atoms with Crippen molar-refractivity contribution in [2.75, 3.05) is 25.0 Å². The number of benzene rings is 1. The van der Waals surface area contributed by atoms with Crippen molar-refractivity contribution < 1.29 is 0 Å². The molecule has 1 aromatic carbocycles. The van der Waals surface area contributed by atoms with E-state index in [-0.39, 0.29) is 0 Å². The van der Waals surface area contributed by atoms with E-state index in [1.54, 1.807) is 0 Å². The molecular formula is C15H23N3. The highest BCUT2D eigenvalue weighted by Gasteiger charge is 2.24. The Kier molecular flexibility index (Phi) is 5.18. The van der Waals surface area contributed by atoms with Crippen LogP contribution < -0.4 is 10.2 Å². The summed E-state index contributed by atoms with van der Waals surface area (Å²) in [4.78, 5) is 2.12. The summed E-state index contributed by atoms with van der Waals surface area (Å²) in [6.07, 6.45) is 1.03. The Balaban J connectivity index is 2.73. The number of hydrogen-bond acceptors (Lipinski definition) is 3. The lowest BCUT2D eigenvalue weighted by atomic mass is 10.0. The summed E-state index contributed by atoms with van der Waals surface area (Å²) in [5.74, 6) is 0. The molecule has 3 nitrogen and oxygen atoms in total. The Morgan fingerprint density at radius 2 is 2.17 bits per heavy atom. The minimum absolute atomic E-state index is 0.505. The van der Waals surface area contributed by atoms with Gasteiger partial charge in [0.05, 0.1) is 6.07 Å². The molecule has 0 saturated heterocycles. The van der Waals surface area contributed by atoms with Crippen LogP contribution >= 0.6 is 0 Å². The van der Waals surface area contributed by atoms with E-state index in [1.165, 1.54) is 5.56 Å². The fourth-order valence-electron chi connectivity index (χ4n) is 1.96. The van der Waals surface area contributed by atoms with Crippen molar-refractivity contribution in [3.05, 3.63) is 29.8 Å². The van der Waals surface area contributed by atoms with E-state index in [9.17, 15) is 5.26 Å². The maximum atomic E-state index is 9.32. The smallest absolute Gasteiger partial charge is 0.121 e. The number of anilines is 1. The van der Waals surface area contributed by atoms with Crippen molar-refractivity contribution in [2.24, 2.45) is 0 Å². The number of likely N-dealkylation sites (N-methyl/N-ethyl adjacent to an activating group) is 1. The Hall–Kier alpha value is -1.53. The van der Waals surface area contributed by atoms with Crippen LogP contribution in [0.5, 0.6) is 0 Å². The van der Waals surface area contributed by atoms with Gasteiger partial charge in [0.2, 0.25) is 0 Å². The maximum absolute atomic E-state index is 9.32. The fraction of sp³-hybridized carbons (Fsp3) is 0.533. The van der Waals surface area contributed by atoms with Crippen LogP contribution in [0.15, 0.2) is 24.3 Å². The van der Waals surface area contributed by atoms with Gasteiger partial charge in [-0.15, -0.1) is 0 Å². The van der Waals surface area contributed by atoms with Crippen LogP contribution in [0, 0.1) is 18.3 Å². The van der Waals surface area contributed by atoms with Gasteiger partial charge < -0.3 is 4.90 Å². The van der Waals surface area contributed by atoms with Gasteiger partial charge in [-0.3, -0.25) is 5.32 Å². The van der Waals surface area contributed by atoms with Gasteiger partial charge in [0.15, 0.2) is 0 Å². The maximum Gasteiger partial charge on any atom is 0.121 e. The minimum atomic E-state index is -0.505. The van der Waals surface area contributed by atoms with Crippen molar-refractivity contribution in [3.63, 3.8) is 0 Å². The highest BCUT2D eigenvalue weighted by atomic mass is 15.1. The summed E-state index contributed by atoms with van der Waals surface area (Å²) in [6.45, 7) is 7.68. The molecule has 1 atom stereocenters. The van der Waals surface area contributed by atoms with Crippen LogP contribution in [0.4, 0.5) is 5.69 Å². The predicted molar refractivity (Wildman–Crippen MR) is 76.8 cm³/mol. The van der Waals surface area contributed by atoms with Gasteiger partial charge in [0.25, 0.3) is 0 Å². The second kappa shape index (κ2) is 6.42. The molecule has 0 bridgehead atoms. The number of nitrogens with zero attached hydrogens (tertiary/aromatic N) is 2. The largest absolute Gasteiger partial charge is 0.372 e. The third-order valence-electron chi connectivity index (χ3n) is 3.01. The zero-order valence-electron chi connectivity index (χ0n) is 11.8. The second-order valence-electron chi connectivity index (χ2n) is 5.07. The van der Waals surface area contributed by atoms with Crippen LogP contribution in [-0.4, -0.2) is 25.7 Å². The third-order valence-corrected chi connectivity index (χ3v) is 3.01. The first kappa shape index (κ1) is 14.5. The fourth-order valence-corrected chi connectivity index (χ4v) is 1.96. The van der Waals surface area contributed by atoms with Crippen LogP contribution in [0.1, 0.15) is 25.8 Å². The van der Waals surface area contributed by atoms with Gasteiger partial charge >= 0.3 is 0 Å². The molecule has 3 heteroatoms. The molecule has 0 aliphatic carbocycles. The highest BCUT2D eigenvalue weighted by molar-refractivity contribution is 5.48. The molecule has 0 spiro atoms. The van der Waals surface area contributed by atoms with Gasteiger partial charge in [0.1, 0.15) is 5.54 Å². The molecule has 0 aliphatic heterocycles. The number of hydrogen-bond donors (Lipinski definition) is 1. The molecule has 0 amide bonds. The Bertz CT molecular complexity index is 422. The van der Waals surface area contributed by atoms with E-state index in [1.807, 2.05) is 20.0 Å². The third kappa shape index (κ3) is 4.05. The summed E-state index contributed by atoms with van der Waals surface area (Å²) in [7, 11) is 2.03. The van der Waals surface area contributed by atoms with Crippen molar-refractivity contribution in [1.82, 2.24) is 5.32 Å². The SMILES string of the molecule is CCCNC(C)(C#N)CN(C)c1cccc(C)c1. The average molecular weight is 245 g/mol. The van der Waals surface area contributed by atoms with Crippen LogP contribution in [0.25, 0.3) is 0 Å². The molecule has 0 aliphatic rings. The summed E-state index contributed by atoms with van der Waals surface area (Å²) in [6, 6.07) is 10.7. The molecule has 0 saturated carbocycles. The quantitative estimate of drug-likeness (QED) is 0.837. The van der Waals surface area contributed by atoms with Crippen LogP contribution in [0.2, 0.25) is 0 Å². The van der Waals surface area contributed by atoms with Crippen LogP contribution in [0.3, 0.4) is 0 Å². The molecule has 1 rings (SSSR count). The molecule has 98 valence electrons. The van der Waals surface area contributed by atoms with Crippen LogP contribution in [-0.2, 0) is 0 Å². The Labute approximate surface area is 110 Å². The molecule has 1 aromatic rings. The molecule has 1 N–H and O–H groups in total. The number of aryl methyl sites for hydroxylation is 1. The normalized spacial score (nSPS) is 13.7. The van der Waals surface area contributed by atoms with E-state index >= 15 is 0 Å². The van der Waals surface area contributed by atoms with Crippen molar-refractivity contribution >= 4 is 5.69 Å². The summed E-state index contributed by atoms with van der Waals surface area (Å²) in [5, 5.41) is 12.6. The van der Waals surface area contributed by atoms with Gasteiger partial charge in [-0.05, 0) is 44.5 Å². The average Bonchev–Trinajstić information content (AvgIpc) is 2.36. The number of rotatable bonds is 6. The zero-order chi connectivity index (χ0) is 13.6. The number of nitrogens with one attached hydrogen (secondary N) is 1. The monoisotopic (exact) mass is 245 g/mol. The molecule has 0 fully saturated rings. The van der Waals surface area contributed by atoms with E-state index in [0.717, 1.165) is 18.7 Å². The van der Waals surface area contributed by atoms with E-state index in [0.29, 0.717) is 6.54 Å². The van der Waals surface area contributed by atoms with Crippen molar-refractivity contribution in [3.8, 4) is 6.07 Å². The zero-order valence-corrected chi connectivity index (χ0v) is 11.8. The molecule has 0 radical (unpaired) electrons. The summed E-state index contributed by atoms with van der Waals surface area (Å²) < 4.78 is 0. The predicted octanol–water partition coefficient (Wildman–Crippen LogP) is 2.71. The molecular weight excluding hydrogens is 222 g/mol. The van der Waals surface area contributed by atoms with Gasteiger partial charge in [-0.1, -0.05) is 19.1 Å². The standard InChI is InChI=1S/C15H23N3/c1-5-9-17-15(3,11-16)12-18(4)14-8-6-7-13(2)10-14/h6-8,10,17H,5,9,12H2,1-4H3. The second-order valence-corrected chi connectivity index (χ2v) is 5.07. The van der Waals surface area contributed by atoms with Crippen molar-refractivity contribution in [2.45, 2.75) is 32.7 Å². The first-order valence-corrected chi connectivity index (χ1v) is 6.45. The lowest BCUT2D eigenvalue weighted by Crippen LogP contribution is -2.49. The van der Waals surface area contributed by atoms with E-state index in [2.05, 4.69) is 48.3 Å². The molecule has 1 unspecified atom stereocenters. The molecule has 0 heterocycles. The number of nitriles is 1. The Morgan fingerprint density at radius 3 is 2.72 bits per heavy atom. The first-order valence-electron chi connectivity index (χ1n) is 6.45. The van der Waals surface area contributed by atoms with E-state index in [4.69, 9.17) is 0 Å². The minimum Gasteiger partial charge on any atom is -0.372 e. The van der Waals surface area contributed by atoms with Gasteiger partial charge in [0, 0.05) is 19.3 Å².